The molecule has 0 aliphatic heterocycles. The lowest BCUT2D eigenvalue weighted by Crippen LogP contribution is -2.38. The third kappa shape index (κ3) is 3.96. The number of aliphatic hydroxyl groups excluding tert-OH is 1. The highest BCUT2D eigenvalue weighted by molar-refractivity contribution is 5.92. The molecule has 2 aromatic rings. The number of nitrogens with one attached hydrogen (secondary N) is 2. The first kappa shape index (κ1) is 15.3. The molecule has 114 valence electrons. The Bertz CT molecular complexity index is 624. The minimum Gasteiger partial charge on any atom is -0.389 e. The van der Waals surface area contributed by atoms with Gasteiger partial charge in [0.1, 0.15) is 0 Å². The first-order chi connectivity index (χ1) is 9.99. The topological polar surface area (TPSA) is 77.6 Å². The maximum Gasteiger partial charge on any atom is 0.321 e. The van der Waals surface area contributed by atoms with Crippen LogP contribution in [0.5, 0.6) is 0 Å². The van der Waals surface area contributed by atoms with E-state index >= 15 is 0 Å². The highest BCUT2D eigenvalue weighted by Crippen LogP contribution is 2.20. The minimum atomic E-state index is -0.694. The first-order valence-corrected chi connectivity index (χ1v) is 6.78. The highest BCUT2D eigenvalue weighted by atomic mass is 16.5. The third-order valence-electron chi connectivity index (χ3n) is 3.20. The monoisotopic (exact) mass is 291 g/mol. The van der Waals surface area contributed by atoms with Crippen molar-refractivity contribution in [3.05, 3.63) is 30.0 Å². The number of anilines is 1. The number of hydrogen-bond acceptors (Lipinski definition) is 3. The molecule has 0 spiro atoms. The summed E-state index contributed by atoms with van der Waals surface area (Å²) in [6.45, 7) is 2.40. The second-order valence-corrected chi connectivity index (χ2v) is 5.17. The SMILES string of the molecule is COCC(O)CN(C)C(=O)Nc1ccc2[nH]c(C)cc2c1. The zero-order valence-corrected chi connectivity index (χ0v) is 12.5. The van der Waals surface area contributed by atoms with E-state index < -0.39 is 6.10 Å². The number of aromatic amines is 1. The van der Waals surface area contributed by atoms with Crippen LogP contribution in [0.15, 0.2) is 24.3 Å². The van der Waals surface area contributed by atoms with E-state index in [2.05, 4.69) is 10.3 Å². The molecule has 1 atom stereocenters. The summed E-state index contributed by atoms with van der Waals surface area (Å²) in [6, 6.07) is 7.44. The van der Waals surface area contributed by atoms with Crippen LogP contribution in [-0.4, -0.2) is 54.4 Å². The van der Waals surface area contributed by atoms with E-state index in [0.717, 1.165) is 22.3 Å². The van der Waals surface area contributed by atoms with Crippen molar-refractivity contribution in [2.24, 2.45) is 0 Å². The third-order valence-corrected chi connectivity index (χ3v) is 3.20. The Labute approximate surface area is 123 Å². The lowest BCUT2D eigenvalue weighted by molar-refractivity contribution is 0.0501. The highest BCUT2D eigenvalue weighted by Gasteiger charge is 2.13. The number of nitrogens with zero attached hydrogens (tertiary/aromatic N) is 1. The van der Waals surface area contributed by atoms with Crippen molar-refractivity contribution in [1.29, 1.82) is 0 Å². The van der Waals surface area contributed by atoms with Crippen LogP contribution in [0.25, 0.3) is 10.9 Å². The lowest BCUT2D eigenvalue weighted by atomic mass is 10.2. The number of carbonyl (C=O) groups excluding carboxylic acids is 1. The summed E-state index contributed by atoms with van der Waals surface area (Å²) < 4.78 is 4.84. The smallest absolute Gasteiger partial charge is 0.321 e. The molecule has 2 amide bonds. The molecular formula is C15H21N3O3. The van der Waals surface area contributed by atoms with E-state index in [4.69, 9.17) is 4.74 Å². The van der Waals surface area contributed by atoms with E-state index in [-0.39, 0.29) is 19.2 Å². The standard InChI is InChI=1S/C15H21N3O3/c1-10-6-11-7-12(4-5-14(11)16-10)17-15(20)18(2)8-13(19)9-21-3/h4-7,13,16,19H,8-9H2,1-3H3,(H,17,20). The van der Waals surface area contributed by atoms with Crippen LogP contribution >= 0.6 is 0 Å². The maximum absolute atomic E-state index is 12.0. The van der Waals surface area contributed by atoms with Crippen LogP contribution in [0.4, 0.5) is 10.5 Å². The van der Waals surface area contributed by atoms with E-state index in [9.17, 15) is 9.90 Å². The van der Waals surface area contributed by atoms with Crippen molar-refractivity contribution in [3.63, 3.8) is 0 Å². The Morgan fingerprint density at radius 2 is 2.24 bits per heavy atom. The van der Waals surface area contributed by atoms with E-state index in [0.29, 0.717) is 0 Å². The molecular weight excluding hydrogens is 270 g/mol. The molecule has 1 unspecified atom stereocenters. The van der Waals surface area contributed by atoms with Gasteiger partial charge < -0.3 is 25.0 Å². The molecule has 0 aliphatic rings. The molecule has 6 nitrogen and oxygen atoms in total. The molecule has 0 saturated heterocycles. The van der Waals surface area contributed by atoms with Crippen molar-refractivity contribution in [3.8, 4) is 0 Å². The normalized spacial score (nSPS) is 12.4. The summed E-state index contributed by atoms with van der Waals surface area (Å²) >= 11 is 0. The number of rotatable bonds is 5. The number of ether oxygens (including phenoxy) is 1. The number of hydrogen-bond donors (Lipinski definition) is 3. The molecule has 2 rings (SSSR count). The summed E-state index contributed by atoms with van der Waals surface area (Å²) in [4.78, 5) is 16.7. The van der Waals surface area contributed by atoms with E-state index in [1.165, 1.54) is 12.0 Å². The zero-order valence-electron chi connectivity index (χ0n) is 12.5. The van der Waals surface area contributed by atoms with Gasteiger partial charge in [-0.1, -0.05) is 0 Å². The maximum atomic E-state index is 12.0. The van der Waals surface area contributed by atoms with Gasteiger partial charge in [-0.25, -0.2) is 4.79 Å². The Balaban J connectivity index is 1.99. The molecule has 6 heteroatoms. The first-order valence-electron chi connectivity index (χ1n) is 6.78. The Hall–Kier alpha value is -2.05. The molecule has 0 aliphatic carbocycles. The fourth-order valence-corrected chi connectivity index (χ4v) is 2.22. The van der Waals surface area contributed by atoms with Gasteiger partial charge in [-0.3, -0.25) is 0 Å². The fourth-order valence-electron chi connectivity index (χ4n) is 2.22. The summed E-state index contributed by atoms with van der Waals surface area (Å²) in [5, 5.41) is 13.5. The number of methoxy groups -OCH3 is 1. The molecule has 1 heterocycles. The number of H-pyrrole nitrogens is 1. The van der Waals surface area contributed by atoms with Crippen molar-refractivity contribution in [2.45, 2.75) is 13.0 Å². The van der Waals surface area contributed by atoms with Crippen LogP contribution in [0.3, 0.4) is 0 Å². The number of aryl methyl sites for hydroxylation is 1. The molecule has 3 N–H and O–H groups in total. The molecule has 0 radical (unpaired) electrons. The Morgan fingerprint density at radius 1 is 1.48 bits per heavy atom. The van der Waals surface area contributed by atoms with Gasteiger partial charge in [-0.05, 0) is 31.2 Å². The van der Waals surface area contributed by atoms with Gasteiger partial charge in [0.25, 0.3) is 0 Å². The second kappa shape index (κ2) is 6.60. The zero-order chi connectivity index (χ0) is 15.4. The summed E-state index contributed by atoms with van der Waals surface area (Å²) in [5.74, 6) is 0. The number of carbonyl (C=O) groups is 1. The predicted molar refractivity (Wildman–Crippen MR) is 82.6 cm³/mol. The molecule has 0 saturated carbocycles. The number of benzene rings is 1. The predicted octanol–water partition coefficient (Wildman–Crippen LogP) is 1.95. The number of urea groups is 1. The second-order valence-electron chi connectivity index (χ2n) is 5.17. The van der Waals surface area contributed by atoms with Crippen molar-refractivity contribution in [1.82, 2.24) is 9.88 Å². The number of fused-ring (bicyclic) bond motifs is 1. The molecule has 0 bridgehead atoms. The van der Waals surface area contributed by atoms with Crippen LogP contribution in [0, 0.1) is 6.92 Å². The Kier molecular flexibility index (Phi) is 4.82. The van der Waals surface area contributed by atoms with Gasteiger partial charge in [-0.2, -0.15) is 0 Å². The van der Waals surface area contributed by atoms with Crippen LogP contribution < -0.4 is 5.32 Å². The van der Waals surface area contributed by atoms with Gasteiger partial charge in [0, 0.05) is 36.4 Å². The summed E-state index contributed by atoms with van der Waals surface area (Å²) in [5.41, 5.74) is 2.84. The van der Waals surface area contributed by atoms with E-state index in [1.807, 2.05) is 31.2 Å². The number of amides is 2. The average molecular weight is 291 g/mol. The molecule has 1 aromatic heterocycles. The van der Waals surface area contributed by atoms with Gasteiger partial charge in [-0.15, -0.1) is 0 Å². The van der Waals surface area contributed by atoms with Crippen molar-refractivity contribution >= 4 is 22.6 Å². The largest absolute Gasteiger partial charge is 0.389 e. The van der Waals surface area contributed by atoms with Crippen LogP contribution in [0.2, 0.25) is 0 Å². The van der Waals surface area contributed by atoms with E-state index in [1.54, 1.807) is 7.05 Å². The fraction of sp³-hybridized carbons (Fsp3) is 0.400. The number of aliphatic hydroxyl groups is 1. The van der Waals surface area contributed by atoms with Crippen molar-refractivity contribution in [2.75, 3.05) is 32.6 Å². The van der Waals surface area contributed by atoms with Crippen molar-refractivity contribution < 1.29 is 14.6 Å². The molecule has 21 heavy (non-hydrogen) atoms. The molecule has 0 fully saturated rings. The van der Waals surface area contributed by atoms with Gasteiger partial charge in [0.15, 0.2) is 0 Å². The number of aromatic nitrogens is 1. The van der Waals surface area contributed by atoms with Gasteiger partial charge >= 0.3 is 6.03 Å². The summed E-state index contributed by atoms with van der Waals surface area (Å²) in [7, 11) is 3.14. The van der Waals surface area contributed by atoms with Gasteiger partial charge in [0.05, 0.1) is 19.3 Å². The van der Waals surface area contributed by atoms with Crippen LogP contribution in [0.1, 0.15) is 5.69 Å². The number of likely N-dealkylation sites (N-methyl/N-ethyl adjacent to an activating group) is 1. The molecule has 1 aromatic carbocycles. The quantitative estimate of drug-likeness (QED) is 0.788. The summed E-state index contributed by atoms with van der Waals surface area (Å²) in [6.07, 6.45) is -0.694. The van der Waals surface area contributed by atoms with Gasteiger partial charge in [0.2, 0.25) is 0 Å². The minimum absolute atomic E-state index is 0.201. The Morgan fingerprint density at radius 3 is 2.95 bits per heavy atom. The lowest BCUT2D eigenvalue weighted by Gasteiger charge is -2.21. The average Bonchev–Trinajstić information content (AvgIpc) is 2.78. The van der Waals surface area contributed by atoms with Crippen LogP contribution in [-0.2, 0) is 4.74 Å².